The predicted octanol–water partition coefficient (Wildman–Crippen LogP) is 2.81. The van der Waals surface area contributed by atoms with E-state index in [-0.39, 0.29) is 17.9 Å². The van der Waals surface area contributed by atoms with Gasteiger partial charge in [-0.25, -0.2) is 8.42 Å². The van der Waals surface area contributed by atoms with Gasteiger partial charge in [0.1, 0.15) is 0 Å². The largest absolute Gasteiger partial charge is 0.354 e. The fourth-order valence-electron chi connectivity index (χ4n) is 3.83. The van der Waals surface area contributed by atoms with E-state index < -0.39 is 10.0 Å². The van der Waals surface area contributed by atoms with Gasteiger partial charge in [0.25, 0.3) is 0 Å². The normalized spacial score (nSPS) is 17.1. The van der Waals surface area contributed by atoms with Crippen molar-refractivity contribution >= 4 is 15.9 Å². The van der Waals surface area contributed by atoms with E-state index in [0.29, 0.717) is 37.4 Å². The van der Waals surface area contributed by atoms with E-state index >= 15 is 0 Å². The summed E-state index contributed by atoms with van der Waals surface area (Å²) < 4.78 is 27.0. The second-order valence-electron chi connectivity index (χ2n) is 8.13. The third-order valence-corrected chi connectivity index (χ3v) is 7.67. The van der Waals surface area contributed by atoms with Crippen LogP contribution in [-0.4, -0.2) is 57.3 Å². The predicted molar refractivity (Wildman–Crippen MR) is 119 cm³/mol. The number of hydrogen-bond donors (Lipinski definition) is 1. The average Bonchev–Trinajstić information content (AvgIpc) is 2.75. The number of hydrogen-bond acceptors (Lipinski definition) is 4. The molecule has 3 rings (SSSR count). The standard InChI is InChI=1S/C23H31N3O3S/c1-18-9-11-19(12-10-18)22(25(2)3)17-24-23(27)20-13-15-26(16-14-20)30(28,29)21-7-5-4-6-8-21/h4-12,20,22H,13-17H2,1-3H3,(H,24,27). The number of nitrogens with zero attached hydrogens (tertiary/aromatic N) is 2. The van der Waals surface area contributed by atoms with Gasteiger partial charge in [-0.15, -0.1) is 0 Å². The Hall–Kier alpha value is -2.22. The summed E-state index contributed by atoms with van der Waals surface area (Å²) in [6, 6.07) is 16.9. The van der Waals surface area contributed by atoms with Crippen molar-refractivity contribution in [2.45, 2.75) is 30.7 Å². The van der Waals surface area contributed by atoms with Gasteiger partial charge < -0.3 is 10.2 Å². The Labute approximate surface area is 179 Å². The minimum atomic E-state index is -3.49. The van der Waals surface area contributed by atoms with Crippen molar-refractivity contribution in [3.63, 3.8) is 0 Å². The van der Waals surface area contributed by atoms with Gasteiger partial charge in [0.15, 0.2) is 0 Å². The molecule has 1 N–H and O–H groups in total. The lowest BCUT2D eigenvalue weighted by molar-refractivity contribution is -0.126. The summed E-state index contributed by atoms with van der Waals surface area (Å²) in [6.45, 7) is 3.31. The van der Waals surface area contributed by atoms with E-state index in [1.165, 1.54) is 9.87 Å². The molecule has 6 nitrogen and oxygen atoms in total. The van der Waals surface area contributed by atoms with Crippen molar-refractivity contribution < 1.29 is 13.2 Å². The quantitative estimate of drug-likeness (QED) is 0.735. The Morgan fingerprint density at radius 3 is 2.23 bits per heavy atom. The zero-order valence-corrected chi connectivity index (χ0v) is 18.7. The van der Waals surface area contributed by atoms with Gasteiger partial charge in [0.05, 0.1) is 10.9 Å². The lowest BCUT2D eigenvalue weighted by Gasteiger charge is -2.31. The molecular weight excluding hydrogens is 398 g/mol. The zero-order chi connectivity index (χ0) is 21.7. The van der Waals surface area contributed by atoms with Crippen LogP contribution in [-0.2, 0) is 14.8 Å². The summed E-state index contributed by atoms with van der Waals surface area (Å²) in [5, 5.41) is 3.08. The number of carbonyl (C=O) groups excluding carboxylic acids is 1. The molecule has 2 aromatic carbocycles. The first-order valence-electron chi connectivity index (χ1n) is 10.3. The maximum absolute atomic E-state index is 12.8. The number of sulfonamides is 1. The highest BCUT2D eigenvalue weighted by molar-refractivity contribution is 7.89. The number of aryl methyl sites for hydroxylation is 1. The van der Waals surface area contributed by atoms with Crippen LogP contribution < -0.4 is 5.32 Å². The second kappa shape index (κ2) is 9.73. The Kier molecular flexibility index (Phi) is 7.28. The van der Waals surface area contributed by atoms with Gasteiger partial charge in [-0.05, 0) is 51.6 Å². The lowest BCUT2D eigenvalue weighted by Crippen LogP contribution is -2.44. The second-order valence-corrected chi connectivity index (χ2v) is 10.1. The van der Waals surface area contributed by atoms with Crippen LogP contribution >= 0.6 is 0 Å². The smallest absolute Gasteiger partial charge is 0.243 e. The number of piperidine rings is 1. The van der Waals surface area contributed by atoms with E-state index in [0.717, 1.165) is 5.56 Å². The molecular formula is C23H31N3O3S. The molecule has 0 bridgehead atoms. The summed E-state index contributed by atoms with van der Waals surface area (Å²) in [4.78, 5) is 15.1. The van der Waals surface area contributed by atoms with Crippen molar-refractivity contribution in [1.29, 1.82) is 0 Å². The lowest BCUT2D eigenvalue weighted by atomic mass is 9.97. The van der Waals surface area contributed by atoms with Crippen molar-refractivity contribution in [2.24, 2.45) is 5.92 Å². The molecule has 0 aliphatic carbocycles. The van der Waals surface area contributed by atoms with E-state index in [1.807, 2.05) is 14.1 Å². The average molecular weight is 430 g/mol. The Balaban J connectivity index is 1.55. The molecule has 1 amide bonds. The first kappa shape index (κ1) is 22.5. The van der Waals surface area contributed by atoms with Crippen molar-refractivity contribution in [2.75, 3.05) is 33.7 Å². The molecule has 0 saturated carbocycles. The minimum Gasteiger partial charge on any atom is -0.354 e. The van der Waals surface area contributed by atoms with Crippen LogP contribution in [0.3, 0.4) is 0 Å². The van der Waals surface area contributed by atoms with E-state index in [4.69, 9.17) is 0 Å². The molecule has 162 valence electrons. The van der Waals surface area contributed by atoms with Gasteiger partial charge >= 0.3 is 0 Å². The molecule has 1 fully saturated rings. The minimum absolute atomic E-state index is 0.00530. The highest BCUT2D eigenvalue weighted by Gasteiger charge is 2.32. The van der Waals surface area contributed by atoms with Crippen LogP contribution in [0.2, 0.25) is 0 Å². The van der Waals surface area contributed by atoms with Crippen LogP contribution in [0.25, 0.3) is 0 Å². The number of rotatable bonds is 7. The van der Waals surface area contributed by atoms with Gasteiger partial charge in [0, 0.05) is 25.6 Å². The first-order chi connectivity index (χ1) is 14.3. The molecule has 0 spiro atoms. The highest BCUT2D eigenvalue weighted by Crippen LogP contribution is 2.24. The van der Waals surface area contributed by atoms with Gasteiger partial charge in [0.2, 0.25) is 15.9 Å². The highest BCUT2D eigenvalue weighted by atomic mass is 32.2. The van der Waals surface area contributed by atoms with Crippen molar-refractivity contribution in [1.82, 2.24) is 14.5 Å². The SMILES string of the molecule is Cc1ccc(C(CNC(=O)C2CCN(S(=O)(=O)c3ccccc3)CC2)N(C)C)cc1. The molecule has 1 aliphatic rings. The summed E-state index contributed by atoms with van der Waals surface area (Å²) in [6.07, 6.45) is 1.07. The Morgan fingerprint density at radius 1 is 1.07 bits per heavy atom. The molecule has 0 aromatic heterocycles. The molecule has 1 heterocycles. The molecule has 1 aliphatic heterocycles. The topological polar surface area (TPSA) is 69.7 Å². The molecule has 1 unspecified atom stereocenters. The van der Waals surface area contributed by atoms with Crippen LogP contribution in [0.15, 0.2) is 59.5 Å². The summed E-state index contributed by atoms with van der Waals surface area (Å²) in [7, 11) is 0.514. The number of likely N-dealkylation sites (N-methyl/N-ethyl adjacent to an activating group) is 1. The zero-order valence-electron chi connectivity index (χ0n) is 17.9. The summed E-state index contributed by atoms with van der Waals surface area (Å²) >= 11 is 0. The summed E-state index contributed by atoms with van der Waals surface area (Å²) in [5.74, 6) is -0.154. The van der Waals surface area contributed by atoms with Crippen molar-refractivity contribution in [3.05, 3.63) is 65.7 Å². The third-order valence-electron chi connectivity index (χ3n) is 5.76. The van der Waals surface area contributed by atoms with Gasteiger partial charge in [-0.3, -0.25) is 4.79 Å². The monoisotopic (exact) mass is 429 g/mol. The molecule has 1 saturated heterocycles. The summed E-state index contributed by atoms with van der Waals surface area (Å²) in [5.41, 5.74) is 2.37. The van der Waals surface area contributed by atoms with E-state index in [1.54, 1.807) is 30.3 Å². The fraction of sp³-hybridized carbons (Fsp3) is 0.435. The van der Waals surface area contributed by atoms with Gasteiger partial charge in [-0.1, -0.05) is 48.0 Å². The number of carbonyl (C=O) groups is 1. The first-order valence-corrected chi connectivity index (χ1v) is 11.8. The van der Waals surface area contributed by atoms with Crippen LogP contribution in [0, 0.1) is 12.8 Å². The van der Waals surface area contributed by atoms with E-state index in [2.05, 4.69) is 41.4 Å². The van der Waals surface area contributed by atoms with Crippen LogP contribution in [0.4, 0.5) is 0 Å². The van der Waals surface area contributed by atoms with Crippen LogP contribution in [0.5, 0.6) is 0 Å². The molecule has 0 radical (unpaired) electrons. The fourth-order valence-corrected chi connectivity index (χ4v) is 5.32. The number of nitrogens with one attached hydrogen (secondary N) is 1. The van der Waals surface area contributed by atoms with Gasteiger partial charge in [-0.2, -0.15) is 4.31 Å². The third kappa shape index (κ3) is 5.28. The van der Waals surface area contributed by atoms with E-state index in [9.17, 15) is 13.2 Å². The number of amides is 1. The number of benzene rings is 2. The molecule has 7 heteroatoms. The Bertz CT molecular complexity index is 935. The maximum Gasteiger partial charge on any atom is 0.243 e. The molecule has 2 aromatic rings. The maximum atomic E-state index is 12.8. The molecule has 30 heavy (non-hydrogen) atoms. The molecule has 1 atom stereocenters. The van der Waals surface area contributed by atoms with Crippen molar-refractivity contribution in [3.8, 4) is 0 Å². The van der Waals surface area contributed by atoms with Crippen LogP contribution in [0.1, 0.15) is 30.0 Å². The Morgan fingerprint density at radius 2 is 1.67 bits per heavy atom.